The second-order valence-electron chi connectivity index (χ2n) is 4.95. The Hall–Kier alpha value is -1.87. The van der Waals surface area contributed by atoms with Crippen LogP contribution < -0.4 is 5.56 Å². The number of benzene rings is 1. The van der Waals surface area contributed by atoms with E-state index in [0.717, 1.165) is 24.1 Å². The maximum Gasteiger partial charge on any atom is 0.254 e. The Morgan fingerprint density at radius 1 is 1.14 bits per heavy atom. The van der Waals surface area contributed by atoms with Crippen molar-refractivity contribution in [3.63, 3.8) is 0 Å². The number of carbonyl (C=O) groups is 1. The Morgan fingerprint density at radius 3 is 2.48 bits per heavy atom. The van der Waals surface area contributed by atoms with E-state index in [2.05, 4.69) is 6.92 Å². The van der Waals surface area contributed by atoms with Crippen LogP contribution in [0.2, 0.25) is 0 Å². The smallest absolute Gasteiger partial charge is 0.254 e. The van der Waals surface area contributed by atoms with Gasteiger partial charge in [0.15, 0.2) is 0 Å². The molecule has 0 aliphatic rings. The number of halogens is 1. The quantitative estimate of drug-likeness (QED) is 0.765. The van der Waals surface area contributed by atoms with Crippen LogP contribution in [0.5, 0.6) is 0 Å². The number of nitrogens with zero attached hydrogens (tertiary/aromatic N) is 1. The van der Waals surface area contributed by atoms with Gasteiger partial charge < -0.3 is 4.57 Å². The van der Waals surface area contributed by atoms with Crippen molar-refractivity contribution in [3.05, 3.63) is 58.4 Å². The first-order valence-corrected chi connectivity index (χ1v) is 7.47. The molecule has 4 heteroatoms. The summed E-state index contributed by atoms with van der Waals surface area (Å²) in [6.45, 7) is 2.73. The fourth-order valence-corrected chi connectivity index (χ4v) is 2.45. The number of hydrogen-bond donors (Lipinski definition) is 0. The summed E-state index contributed by atoms with van der Waals surface area (Å²) in [6.07, 6.45) is 1.89. The van der Waals surface area contributed by atoms with Gasteiger partial charge >= 0.3 is 0 Å². The average molecular weight is 304 g/mol. The lowest BCUT2D eigenvalue weighted by Gasteiger charge is -2.14. The third-order valence-electron chi connectivity index (χ3n) is 3.39. The second-order valence-corrected chi connectivity index (χ2v) is 5.37. The van der Waals surface area contributed by atoms with Gasteiger partial charge in [0.05, 0.1) is 12.1 Å². The second kappa shape index (κ2) is 7.23. The molecule has 2 rings (SSSR count). The van der Waals surface area contributed by atoms with Crippen molar-refractivity contribution in [2.24, 2.45) is 0 Å². The molecule has 0 spiro atoms. The van der Waals surface area contributed by atoms with Gasteiger partial charge in [0.25, 0.3) is 5.56 Å². The monoisotopic (exact) mass is 303 g/mol. The molecule has 0 N–H and O–H groups in total. The summed E-state index contributed by atoms with van der Waals surface area (Å²) < 4.78 is 1.74. The molecule has 21 heavy (non-hydrogen) atoms. The highest BCUT2D eigenvalue weighted by molar-refractivity contribution is 6.63. The molecule has 0 radical (unpaired) electrons. The number of pyridine rings is 1. The van der Waals surface area contributed by atoms with Gasteiger partial charge in [-0.25, -0.2) is 0 Å². The van der Waals surface area contributed by atoms with Gasteiger partial charge in [-0.3, -0.25) is 9.59 Å². The van der Waals surface area contributed by atoms with Crippen molar-refractivity contribution >= 4 is 16.8 Å². The normalized spacial score (nSPS) is 10.6. The minimum absolute atomic E-state index is 0.0262. The predicted octanol–water partition coefficient (Wildman–Crippen LogP) is 3.62. The zero-order chi connectivity index (χ0) is 15.2. The summed E-state index contributed by atoms with van der Waals surface area (Å²) in [5.41, 5.74) is 2.19. The number of rotatable bonds is 6. The van der Waals surface area contributed by atoms with Crippen LogP contribution in [0.3, 0.4) is 0 Å². The predicted molar refractivity (Wildman–Crippen MR) is 85.6 cm³/mol. The summed E-state index contributed by atoms with van der Waals surface area (Å²) in [5.74, 6) is 0. The molecule has 0 aliphatic heterocycles. The molecule has 1 heterocycles. The van der Waals surface area contributed by atoms with Crippen molar-refractivity contribution in [2.75, 3.05) is 0 Å². The molecule has 2 aromatic rings. The van der Waals surface area contributed by atoms with Gasteiger partial charge in [0.1, 0.15) is 0 Å². The standard InChI is InChI=1S/C17H18ClNO2/c1-2-3-11-19-15(13-7-5-4-6-8-13)10-9-14(17(19)21)12-16(18)20/h4-10H,2-3,11-12H2,1H3. The van der Waals surface area contributed by atoms with Crippen molar-refractivity contribution in [1.82, 2.24) is 4.57 Å². The lowest BCUT2D eigenvalue weighted by Crippen LogP contribution is -2.26. The molecule has 0 atom stereocenters. The first-order valence-electron chi connectivity index (χ1n) is 7.10. The fraction of sp³-hybridized carbons (Fsp3) is 0.294. The molecule has 0 amide bonds. The first-order chi connectivity index (χ1) is 10.1. The molecule has 1 aromatic carbocycles. The molecule has 3 nitrogen and oxygen atoms in total. The average Bonchev–Trinajstić information content (AvgIpc) is 2.48. The van der Waals surface area contributed by atoms with Gasteiger partial charge in [-0.2, -0.15) is 0 Å². The van der Waals surface area contributed by atoms with E-state index in [4.69, 9.17) is 11.6 Å². The minimum atomic E-state index is -0.512. The number of hydrogen-bond acceptors (Lipinski definition) is 2. The first kappa shape index (κ1) is 15.5. The Kier molecular flexibility index (Phi) is 5.34. The van der Waals surface area contributed by atoms with Crippen molar-refractivity contribution in [1.29, 1.82) is 0 Å². The Morgan fingerprint density at radius 2 is 1.86 bits per heavy atom. The number of unbranched alkanes of at least 4 members (excludes halogenated alkanes) is 1. The molecule has 0 bridgehead atoms. The summed E-state index contributed by atoms with van der Waals surface area (Å²) in [4.78, 5) is 23.6. The highest BCUT2D eigenvalue weighted by Crippen LogP contribution is 2.18. The van der Waals surface area contributed by atoms with E-state index < -0.39 is 5.24 Å². The Balaban J connectivity index is 2.52. The Bertz CT molecular complexity index is 677. The molecular formula is C17H18ClNO2. The van der Waals surface area contributed by atoms with Gasteiger partial charge in [0.2, 0.25) is 5.24 Å². The van der Waals surface area contributed by atoms with E-state index in [1.807, 2.05) is 36.4 Å². The van der Waals surface area contributed by atoms with Crippen LogP contribution in [-0.4, -0.2) is 9.81 Å². The zero-order valence-electron chi connectivity index (χ0n) is 12.0. The molecule has 0 fully saturated rings. The Labute approximate surface area is 129 Å². The highest BCUT2D eigenvalue weighted by Gasteiger charge is 2.12. The third-order valence-corrected chi connectivity index (χ3v) is 3.52. The summed E-state index contributed by atoms with van der Waals surface area (Å²) in [7, 11) is 0. The van der Waals surface area contributed by atoms with E-state index in [1.165, 1.54) is 0 Å². The van der Waals surface area contributed by atoms with Gasteiger partial charge in [-0.1, -0.05) is 49.7 Å². The van der Waals surface area contributed by atoms with E-state index in [9.17, 15) is 9.59 Å². The molecule has 1 aromatic heterocycles. The van der Waals surface area contributed by atoms with E-state index >= 15 is 0 Å². The maximum absolute atomic E-state index is 12.6. The third kappa shape index (κ3) is 3.82. The van der Waals surface area contributed by atoms with Crippen LogP contribution in [0.25, 0.3) is 11.3 Å². The topological polar surface area (TPSA) is 39.1 Å². The summed E-state index contributed by atoms with van der Waals surface area (Å²) >= 11 is 5.41. The van der Waals surface area contributed by atoms with E-state index in [0.29, 0.717) is 12.1 Å². The van der Waals surface area contributed by atoms with Crippen LogP contribution in [-0.2, 0) is 17.8 Å². The molecule has 0 saturated carbocycles. The maximum atomic E-state index is 12.6. The molecule has 0 unspecified atom stereocenters. The number of carbonyl (C=O) groups excluding carboxylic acids is 1. The fourth-order valence-electron chi connectivity index (χ4n) is 2.31. The summed E-state index contributed by atoms with van der Waals surface area (Å²) in [5, 5.41) is -0.512. The molecule has 110 valence electrons. The van der Waals surface area contributed by atoms with Crippen molar-refractivity contribution in [3.8, 4) is 11.3 Å². The molecule has 0 aliphatic carbocycles. The summed E-state index contributed by atoms with van der Waals surface area (Å²) in [6, 6.07) is 13.4. The highest BCUT2D eigenvalue weighted by atomic mass is 35.5. The lowest BCUT2D eigenvalue weighted by molar-refractivity contribution is -0.111. The zero-order valence-corrected chi connectivity index (χ0v) is 12.8. The SMILES string of the molecule is CCCCn1c(-c2ccccc2)ccc(CC(=O)Cl)c1=O. The molecule has 0 saturated heterocycles. The minimum Gasteiger partial charge on any atom is -0.308 e. The van der Waals surface area contributed by atoms with Crippen molar-refractivity contribution in [2.45, 2.75) is 32.7 Å². The van der Waals surface area contributed by atoms with E-state index in [-0.39, 0.29) is 12.0 Å². The van der Waals surface area contributed by atoms with Crippen LogP contribution in [0, 0.1) is 0 Å². The lowest BCUT2D eigenvalue weighted by atomic mass is 10.1. The van der Waals surface area contributed by atoms with E-state index in [1.54, 1.807) is 10.6 Å². The van der Waals surface area contributed by atoms with Gasteiger partial charge in [0, 0.05) is 12.1 Å². The van der Waals surface area contributed by atoms with Gasteiger partial charge in [-0.15, -0.1) is 0 Å². The van der Waals surface area contributed by atoms with Crippen LogP contribution >= 0.6 is 11.6 Å². The van der Waals surface area contributed by atoms with Crippen LogP contribution in [0.1, 0.15) is 25.3 Å². The van der Waals surface area contributed by atoms with Crippen LogP contribution in [0.15, 0.2) is 47.3 Å². The molecular weight excluding hydrogens is 286 g/mol. The number of aromatic nitrogens is 1. The van der Waals surface area contributed by atoms with Crippen LogP contribution in [0.4, 0.5) is 0 Å². The van der Waals surface area contributed by atoms with Gasteiger partial charge in [-0.05, 0) is 29.7 Å². The largest absolute Gasteiger partial charge is 0.308 e. The van der Waals surface area contributed by atoms with Crippen molar-refractivity contribution < 1.29 is 4.79 Å².